The van der Waals surface area contributed by atoms with Crippen LogP contribution in [-0.2, 0) is 6.54 Å². The molecule has 1 rings (SSSR count). The van der Waals surface area contributed by atoms with Crippen molar-refractivity contribution in [3.8, 4) is 12.3 Å². The van der Waals surface area contributed by atoms with Crippen molar-refractivity contribution in [3.05, 3.63) is 34.2 Å². The molecule has 0 aliphatic rings. The molecule has 0 aliphatic heterocycles. The molecule has 1 aromatic heterocycles. The number of aromatic nitrogens is 1. The Bertz CT molecular complexity index is 343. The van der Waals surface area contributed by atoms with Crippen molar-refractivity contribution in [2.75, 3.05) is 0 Å². The van der Waals surface area contributed by atoms with Gasteiger partial charge >= 0.3 is 0 Å². The Morgan fingerprint density at radius 1 is 1.64 bits per heavy atom. The molecule has 0 aromatic carbocycles. The number of hydrogen-bond donors (Lipinski definition) is 0. The summed E-state index contributed by atoms with van der Waals surface area (Å²) in [6.45, 7) is 2.27. The van der Waals surface area contributed by atoms with Gasteiger partial charge in [0, 0.05) is 12.3 Å². The molecule has 56 valence electrons. The van der Waals surface area contributed by atoms with E-state index in [1.807, 2.05) is 6.92 Å². The first-order chi connectivity index (χ1) is 5.24. The van der Waals surface area contributed by atoms with Gasteiger partial charge in [-0.2, -0.15) is 0 Å². The third-order valence-electron chi connectivity index (χ3n) is 1.39. The number of rotatable bonds is 1. The first-order valence-corrected chi connectivity index (χ1v) is 3.34. The van der Waals surface area contributed by atoms with Crippen molar-refractivity contribution in [3.63, 3.8) is 0 Å². The van der Waals surface area contributed by atoms with Crippen LogP contribution in [0.3, 0.4) is 0 Å². The first-order valence-electron chi connectivity index (χ1n) is 3.34. The summed E-state index contributed by atoms with van der Waals surface area (Å²) in [6.07, 6.45) is 6.82. The summed E-state index contributed by atoms with van der Waals surface area (Å²) < 4.78 is 1.51. The normalized spacial score (nSPS) is 9.09. The Hall–Kier alpha value is -1.49. The SMILES string of the molecule is C#CCn1cc(C)ccc1=O. The van der Waals surface area contributed by atoms with Gasteiger partial charge in [0.15, 0.2) is 0 Å². The fraction of sp³-hybridized carbons (Fsp3) is 0.222. The highest BCUT2D eigenvalue weighted by atomic mass is 16.1. The molecule has 1 aromatic rings. The third-order valence-corrected chi connectivity index (χ3v) is 1.39. The van der Waals surface area contributed by atoms with Gasteiger partial charge in [-0.1, -0.05) is 12.0 Å². The highest BCUT2D eigenvalue weighted by molar-refractivity contribution is 5.08. The molecule has 0 unspecified atom stereocenters. The molecule has 0 N–H and O–H groups in total. The maximum Gasteiger partial charge on any atom is 0.251 e. The van der Waals surface area contributed by atoms with Gasteiger partial charge in [0.25, 0.3) is 5.56 Å². The van der Waals surface area contributed by atoms with Crippen LogP contribution in [0.15, 0.2) is 23.1 Å². The Kier molecular flexibility index (Phi) is 2.12. The van der Waals surface area contributed by atoms with Crippen molar-refractivity contribution in [2.24, 2.45) is 0 Å². The monoisotopic (exact) mass is 147 g/mol. The summed E-state index contributed by atoms with van der Waals surface area (Å²) in [4.78, 5) is 11.0. The minimum absolute atomic E-state index is 0.0476. The van der Waals surface area contributed by atoms with E-state index in [0.29, 0.717) is 6.54 Å². The second-order valence-electron chi connectivity index (χ2n) is 2.38. The Morgan fingerprint density at radius 3 is 3.00 bits per heavy atom. The predicted molar refractivity (Wildman–Crippen MR) is 44.3 cm³/mol. The Labute approximate surface area is 65.5 Å². The van der Waals surface area contributed by atoms with Crippen molar-refractivity contribution in [2.45, 2.75) is 13.5 Å². The van der Waals surface area contributed by atoms with Crippen LogP contribution in [0.2, 0.25) is 0 Å². The molecule has 0 aliphatic carbocycles. The fourth-order valence-corrected chi connectivity index (χ4v) is 0.873. The van der Waals surface area contributed by atoms with Crippen molar-refractivity contribution < 1.29 is 0 Å². The summed E-state index contributed by atoms with van der Waals surface area (Å²) in [5.41, 5.74) is 0.994. The van der Waals surface area contributed by atoms with Gasteiger partial charge in [-0.05, 0) is 12.5 Å². The van der Waals surface area contributed by atoms with E-state index in [2.05, 4.69) is 5.92 Å². The first kappa shape index (κ1) is 7.62. The Morgan fingerprint density at radius 2 is 2.36 bits per heavy atom. The topological polar surface area (TPSA) is 22.0 Å². The van der Waals surface area contributed by atoms with Crippen LogP contribution < -0.4 is 5.56 Å². The van der Waals surface area contributed by atoms with Crippen molar-refractivity contribution >= 4 is 0 Å². The summed E-state index contributed by atoms with van der Waals surface area (Å²) in [6, 6.07) is 3.29. The molecule has 1 heterocycles. The Balaban J connectivity index is 3.15. The zero-order valence-corrected chi connectivity index (χ0v) is 6.37. The van der Waals surface area contributed by atoms with Gasteiger partial charge in [0.2, 0.25) is 0 Å². The van der Waals surface area contributed by atoms with Gasteiger partial charge in [-0.3, -0.25) is 4.79 Å². The minimum atomic E-state index is -0.0476. The van der Waals surface area contributed by atoms with Gasteiger partial charge < -0.3 is 4.57 Å². The lowest BCUT2D eigenvalue weighted by Gasteiger charge is -1.99. The van der Waals surface area contributed by atoms with E-state index in [1.54, 1.807) is 12.3 Å². The molecule has 11 heavy (non-hydrogen) atoms. The molecule has 0 radical (unpaired) electrons. The lowest BCUT2D eigenvalue weighted by atomic mass is 10.3. The molecule has 0 fully saturated rings. The summed E-state index contributed by atoms with van der Waals surface area (Å²) in [5.74, 6) is 2.42. The summed E-state index contributed by atoms with van der Waals surface area (Å²) in [7, 11) is 0. The van der Waals surface area contributed by atoms with Gasteiger partial charge in [0.1, 0.15) is 0 Å². The third kappa shape index (κ3) is 1.71. The summed E-state index contributed by atoms with van der Waals surface area (Å²) >= 11 is 0. The molecular weight excluding hydrogens is 138 g/mol. The number of pyridine rings is 1. The zero-order valence-electron chi connectivity index (χ0n) is 6.37. The number of terminal acetylenes is 1. The van der Waals surface area contributed by atoms with Crippen LogP contribution in [0.4, 0.5) is 0 Å². The van der Waals surface area contributed by atoms with Crippen molar-refractivity contribution in [1.82, 2.24) is 4.57 Å². The summed E-state index contributed by atoms with van der Waals surface area (Å²) in [5, 5.41) is 0. The molecule has 0 bridgehead atoms. The van der Waals surface area contributed by atoms with Gasteiger partial charge in [-0.25, -0.2) is 0 Å². The van der Waals surface area contributed by atoms with E-state index in [4.69, 9.17) is 6.42 Å². The van der Waals surface area contributed by atoms with Crippen molar-refractivity contribution in [1.29, 1.82) is 0 Å². The predicted octanol–water partition coefficient (Wildman–Crippen LogP) is 0.790. The number of hydrogen-bond acceptors (Lipinski definition) is 1. The van der Waals surface area contributed by atoms with Crippen LogP contribution in [-0.4, -0.2) is 4.57 Å². The zero-order chi connectivity index (χ0) is 8.27. The highest BCUT2D eigenvalue weighted by Gasteiger charge is 1.91. The molecule has 0 spiro atoms. The quantitative estimate of drug-likeness (QED) is 0.538. The molecule has 2 nitrogen and oxygen atoms in total. The average Bonchev–Trinajstić information content (AvgIpc) is 1.98. The molecular formula is C9H9NO. The van der Waals surface area contributed by atoms with E-state index in [1.165, 1.54) is 10.6 Å². The van der Waals surface area contributed by atoms with E-state index in [9.17, 15) is 4.79 Å². The van der Waals surface area contributed by atoms with Gasteiger partial charge in [0.05, 0.1) is 6.54 Å². The molecule has 0 saturated carbocycles. The van der Waals surface area contributed by atoms with Crippen LogP contribution >= 0.6 is 0 Å². The molecule has 0 atom stereocenters. The van der Waals surface area contributed by atoms with Crippen LogP contribution in [0.5, 0.6) is 0 Å². The van der Waals surface area contributed by atoms with E-state index in [-0.39, 0.29) is 5.56 Å². The van der Waals surface area contributed by atoms with E-state index in [0.717, 1.165) is 5.56 Å². The molecule has 0 saturated heterocycles. The van der Waals surface area contributed by atoms with Crippen LogP contribution in [0, 0.1) is 19.3 Å². The highest BCUT2D eigenvalue weighted by Crippen LogP contribution is 1.90. The van der Waals surface area contributed by atoms with Crippen LogP contribution in [0.1, 0.15) is 5.56 Å². The minimum Gasteiger partial charge on any atom is -0.304 e. The number of nitrogens with zero attached hydrogens (tertiary/aromatic N) is 1. The molecule has 2 heteroatoms. The van der Waals surface area contributed by atoms with Gasteiger partial charge in [-0.15, -0.1) is 6.42 Å². The largest absolute Gasteiger partial charge is 0.304 e. The average molecular weight is 147 g/mol. The lowest BCUT2D eigenvalue weighted by Crippen LogP contribution is -2.17. The second-order valence-corrected chi connectivity index (χ2v) is 2.38. The van der Waals surface area contributed by atoms with E-state index >= 15 is 0 Å². The standard InChI is InChI=1S/C9H9NO/c1-3-6-10-7-8(2)4-5-9(10)11/h1,4-5,7H,6H2,2H3. The smallest absolute Gasteiger partial charge is 0.251 e. The second kappa shape index (κ2) is 3.07. The molecule has 0 amide bonds. The van der Waals surface area contributed by atoms with E-state index < -0.39 is 0 Å². The maximum atomic E-state index is 11.0. The lowest BCUT2D eigenvalue weighted by molar-refractivity contribution is 0.790. The fourth-order valence-electron chi connectivity index (χ4n) is 0.873. The maximum absolute atomic E-state index is 11.0. The number of aryl methyl sites for hydroxylation is 1. The van der Waals surface area contributed by atoms with Crippen LogP contribution in [0.25, 0.3) is 0 Å².